The molecule has 0 radical (unpaired) electrons. The molecule has 3 rings (SSSR count). The van der Waals surface area contributed by atoms with Crippen LogP contribution in [0.2, 0.25) is 0 Å². The third-order valence-electron chi connectivity index (χ3n) is 3.71. The summed E-state index contributed by atoms with van der Waals surface area (Å²) in [5.41, 5.74) is 2.25. The lowest BCUT2D eigenvalue weighted by molar-refractivity contribution is -0.119. The van der Waals surface area contributed by atoms with Gasteiger partial charge in [0.15, 0.2) is 5.69 Å². The molecule has 1 aromatic carbocycles. The van der Waals surface area contributed by atoms with Gasteiger partial charge in [-0.05, 0) is 54.0 Å². The Morgan fingerprint density at radius 3 is 2.38 bits per heavy atom. The highest BCUT2D eigenvalue weighted by molar-refractivity contribution is 9.10. The van der Waals surface area contributed by atoms with E-state index in [0.717, 1.165) is 5.69 Å². The molecule has 0 aliphatic heterocycles. The van der Waals surface area contributed by atoms with Gasteiger partial charge in [0.2, 0.25) is 5.91 Å². The molecule has 0 aliphatic carbocycles. The van der Waals surface area contributed by atoms with E-state index in [-0.39, 0.29) is 17.5 Å². The topological polar surface area (TPSA) is 118 Å². The van der Waals surface area contributed by atoms with Crippen molar-refractivity contribution in [1.82, 2.24) is 25.0 Å². The zero-order chi connectivity index (χ0) is 18.7. The fourth-order valence-electron chi connectivity index (χ4n) is 2.18. The van der Waals surface area contributed by atoms with Gasteiger partial charge in [-0.3, -0.25) is 14.7 Å². The molecule has 0 bridgehead atoms. The first kappa shape index (κ1) is 17.8. The minimum atomic E-state index is -0.489. The predicted molar refractivity (Wildman–Crippen MR) is 98.8 cm³/mol. The highest BCUT2D eigenvalue weighted by atomic mass is 79.9. The third-order valence-corrected chi connectivity index (χ3v) is 4.68. The zero-order valence-corrected chi connectivity index (χ0v) is 15.6. The number of benzene rings is 1. The maximum absolute atomic E-state index is 12.2. The maximum atomic E-state index is 12.2. The number of aromatic nitrogens is 5. The van der Waals surface area contributed by atoms with Crippen LogP contribution in [0.15, 0.2) is 41.4 Å². The first-order valence-electron chi connectivity index (χ1n) is 7.72. The molecule has 10 heteroatoms. The van der Waals surface area contributed by atoms with Crippen LogP contribution in [0.5, 0.6) is 0 Å². The highest BCUT2D eigenvalue weighted by Gasteiger charge is 2.17. The number of nitrogens with zero attached hydrogens (tertiary/aromatic N) is 4. The smallest absolute Gasteiger partial charge is 0.277 e. The molecule has 0 saturated carbocycles. The molecule has 0 fully saturated rings. The highest BCUT2D eigenvalue weighted by Crippen LogP contribution is 2.20. The Bertz CT molecular complexity index is 919. The fourth-order valence-corrected chi connectivity index (χ4v) is 2.53. The third kappa shape index (κ3) is 3.80. The monoisotopic (exact) mass is 417 g/mol. The number of carbonyl (C=O) groups excluding carboxylic acids is 2. The Balaban J connectivity index is 1.62. The maximum Gasteiger partial charge on any atom is 0.277 e. The summed E-state index contributed by atoms with van der Waals surface area (Å²) in [6, 6.07) is 6.30. The molecule has 2 amide bonds. The van der Waals surface area contributed by atoms with Crippen molar-refractivity contribution in [3.8, 4) is 0 Å². The second kappa shape index (κ2) is 7.48. The van der Waals surface area contributed by atoms with Gasteiger partial charge in [-0.25, -0.2) is 9.67 Å². The van der Waals surface area contributed by atoms with Crippen molar-refractivity contribution in [2.24, 2.45) is 0 Å². The van der Waals surface area contributed by atoms with Crippen molar-refractivity contribution in [1.29, 1.82) is 0 Å². The standard InChI is InChI=1S/C16H16BrN7O2/c1-9-13(17)14(23-22-9)16(26)21-12-5-3-11(4-6-12)20-15(25)10(2)24-8-18-7-19-24/h3-8,10H,1-2H3,(H,20,25)(H,21,26)(H,22,23). The van der Waals surface area contributed by atoms with Crippen LogP contribution in [0.3, 0.4) is 0 Å². The first-order chi connectivity index (χ1) is 12.5. The van der Waals surface area contributed by atoms with E-state index in [2.05, 4.69) is 46.8 Å². The van der Waals surface area contributed by atoms with Crippen LogP contribution in [-0.4, -0.2) is 36.8 Å². The van der Waals surface area contributed by atoms with Crippen LogP contribution in [0.4, 0.5) is 11.4 Å². The van der Waals surface area contributed by atoms with E-state index in [1.54, 1.807) is 31.2 Å². The Morgan fingerprint density at radius 2 is 1.85 bits per heavy atom. The minimum absolute atomic E-state index is 0.219. The Hall–Kier alpha value is -3.01. The number of anilines is 2. The van der Waals surface area contributed by atoms with E-state index in [0.29, 0.717) is 15.8 Å². The van der Waals surface area contributed by atoms with Crippen molar-refractivity contribution in [2.45, 2.75) is 19.9 Å². The fraction of sp³-hybridized carbons (Fsp3) is 0.188. The summed E-state index contributed by atoms with van der Waals surface area (Å²) in [6.45, 7) is 3.54. The largest absolute Gasteiger partial charge is 0.324 e. The Labute approximate surface area is 157 Å². The number of carbonyl (C=O) groups is 2. The number of aryl methyl sites for hydroxylation is 1. The van der Waals surface area contributed by atoms with Gasteiger partial charge in [0, 0.05) is 17.1 Å². The molecule has 0 spiro atoms. The van der Waals surface area contributed by atoms with Crippen LogP contribution in [0, 0.1) is 6.92 Å². The molecule has 3 N–H and O–H groups in total. The van der Waals surface area contributed by atoms with Gasteiger partial charge >= 0.3 is 0 Å². The number of rotatable bonds is 5. The van der Waals surface area contributed by atoms with Gasteiger partial charge in [-0.2, -0.15) is 10.2 Å². The lowest BCUT2D eigenvalue weighted by Crippen LogP contribution is -2.24. The number of hydrogen-bond acceptors (Lipinski definition) is 5. The summed E-state index contributed by atoms with van der Waals surface area (Å²) >= 11 is 3.32. The summed E-state index contributed by atoms with van der Waals surface area (Å²) in [7, 11) is 0. The van der Waals surface area contributed by atoms with Crippen molar-refractivity contribution in [3.63, 3.8) is 0 Å². The summed E-state index contributed by atoms with van der Waals surface area (Å²) in [5, 5.41) is 16.2. The molecule has 1 atom stereocenters. The lowest BCUT2D eigenvalue weighted by atomic mass is 10.2. The zero-order valence-electron chi connectivity index (χ0n) is 14.0. The summed E-state index contributed by atoms with van der Waals surface area (Å²) in [4.78, 5) is 28.3. The quantitative estimate of drug-likeness (QED) is 0.589. The lowest BCUT2D eigenvalue weighted by Gasteiger charge is -2.12. The summed E-state index contributed by atoms with van der Waals surface area (Å²) in [5.74, 6) is -0.555. The Morgan fingerprint density at radius 1 is 1.19 bits per heavy atom. The normalized spacial score (nSPS) is 11.8. The number of halogens is 1. The van der Waals surface area contributed by atoms with E-state index in [9.17, 15) is 9.59 Å². The predicted octanol–water partition coefficient (Wildman–Crippen LogP) is 2.52. The van der Waals surface area contributed by atoms with Gasteiger partial charge in [-0.15, -0.1) is 0 Å². The molecule has 134 valence electrons. The van der Waals surface area contributed by atoms with Crippen LogP contribution >= 0.6 is 15.9 Å². The van der Waals surface area contributed by atoms with Gasteiger partial charge < -0.3 is 10.6 Å². The van der Waals surface area contributed by atoms with Crippen molar-refractivity contribution in [2.75, 3.05) is 10.6 Å². The van der Waals surface area contributed by atoms with E-state index in [1.165, 1.54) is 17.3 Å². The minimum Gasteiger partial charge on any atom is -0.324 e. The second-order valence-electron chi connectivity index (χ2n) is 5.58. The summed E-state index contributed by atoms with van der Waals surface area (Å²) < 4.78 is 2.09. The molecule has 26 heavy (non-hydrogen) atoms. The number of amides is 2. The van der Waals surface area contributed by atoms with Gasteiger partial charge in [0.25, 0.3) is 5.91 Å². The number of hydrogen-bond donors (Lipinski definition) is 3. The van der Waals surface area contributed by atoms with Gasteiger partial charge in [-0.1, -0.05) is 0 Å². The van der Waals surface area contributed by atoms with Crippen LogP contribution in [-0.2, 0) is 4.79 Å². The SMILES string of the molecule is Cc1[nH]nc(C(=O)Nc2ccc(NC(=O)C(C)n3cncn3)cc2)c1Br. The average Bonchev–Trinajstić information content (AvgIpc) is 3.27. The van der Waals surface area contributed by atoms with E-state index >= 15 is 0 Å². The molecular formula is C16H16BrN7O2. The number of nitrogens with one attached hydrogen (secondary N) is 3. The van der Waals surface area contributed by atoms with Crippen molar-refractivity contribution < 1.29 is 9.59 Å². The molecule has 3 aromatic rings. The first-order valence-corrected chi connectivity index (χ1v) is 8.52. The van der Waals surface area contributed by atoms with E-state index in [1.807, 2.05) is 6.92 Å². The van der Waals surface area contributed by atoms with Gasteiger partial charge in [0.1, 0.15) is 18.7 Å². The molecule has 2 heterocycles. The number of H-pyrrole nitrogens is 1. The van der Waals surface area contributed by atoms with Crippen LogP contribution in [0.25, 0.3) is 0 Å². The van der Waals surface area contributed by atoms with Crippen LogP contribution < -0.4 is 10.6 Å². The summed E-state index contributed by atoms with van der Waals surface area (Å²) in [6.07, 6.45) is 2.86. The molecule has 0 aliphatic rings. The second-order valence-corrected chi connectivity index (χ2v) is 6.38. The average molecular weight is 418 g/mol. The van der Waals surface area contributed by atoms with Crippen molar-refractivity contribution in [3.05, 3.63) is 52.8 Å². The van der Waals surface area contributed by atoms with Gasteiger partial charge in [0.05, 0.1) is 4.47 Å². The van der Waals surface area contributed by atoms with E-state index in [4.69, 9.17) is 0 Å². The molecule has 1 unspecified atom stereocenters. The van der Waals surface area contributed by atoms with Crippen LogP contribution in [0.1, 0.15) is 29.1 Å². The number of aromatic amines is 1. The van der Waals surface area contributed by atoms with E-state index < -0.39 is 6.04 Å². The molecular weight excluding hydrogens is 402 g/mol. The molecule has 2 aromatic heterocycles. The Kier molecular flexibility index (Phi) is 5.12. The molecule has 0 saturated heterocycles. The molecule has 9 nitrogen and oxygen atoms in total. The van der Waals surface area contributed by atoms with Crippen molar-refractivity contribution >= 4 is 39.1 Å².